The fourth-order valence-electron chi connectivity index (χ4n) is 3.44. The first-order valence-electron chi connectivity index (χ1n) is 8.43. The molecule has 1 aliphatic carbocycles. The van der Waals surface area contributed by atoms with Gasteiger partial charge in [0.15, 0.2) is 11.5 Å². The third-order valence-corrected chi connectivity index (χ3v) is 4.96. The fourth-order valence-corrected chi connectivity index (χ4v) is 3.44. The van der Waals surface area contributed by atoms with Gasteiger partial charge in [0.1, 0.15) is 0 Å². The standard InChI is InChI=1S/C20H21NO3/c1-3-21(16-6-4-5-14(2)11-16)19(22)20(9-10-20)15-7-8-17-18(12-15)24-13-23-17/h4-8,11-12H,3,9-10,13H2,1-2H3. The van der Waals surface area contributed by atoms with Crippen LogP contribution >= 0.6 is 0 Å². The topological polar surface area (TPSA) is 38.8 Å². The van der Waals surface area contributed by atoms with Crippen LogP contribution in [-0.2, 0) is 10.2 Å². The van der Waals surface area contributed by atoms with Crippen molar-refractivity contribution in [2.45, 2.75) is 32.1 Å². The predicted molar refractivity (Wildman–Crippen MR) is 92.7 cm³/mol. The van der Waals surface area contributed by atoms with E-state index in [-0.39, 0.29) is 12.7 Å². The van der Waals surface area contributed by atoms with E-state index in [1.165, 1.54) is 0 Å². The summed E-state index contributed by atoms with van der Waals surface area (Å²) in [4.78, 5) is 15.2. The molecule has 0 unspecified atom stereocenters. The van der Waals surface area contributed by atoms with Gasteiger partial charge >= 0.3 is 0 Å². The number of aryl methyl sites for hydroxylation is 1. The summed E-state index contributed by atoms with van der Waals surface area (Å²) in [6.45, 7) is 4.99. The molecule has 1 saturated carbocycles. The van der Waals surface area contributed by atoms with Gasteiger partial charge in [0.2, 0.25) is 12.7 Å². The average molecular weight is 323 g/mol. The normalized spacial score (nSPS) is 16.8. The Morgan fingerprint density at radius 3 is 2.62 bits per heavy atom. The van der Waals surface area contributed by atoms with Crippen LogP contribution in [0.2, 0.25) is 0 Å². The van der Waals surface area contributed by atoms with Gasteiger partial charge in [-0.25, -0.2) is 0 Å². The Kier molecular flexibility index (Phi) is 3.48. The number of hydrogen-bond acceptors (Lipinski definition) is 3. The molecule has 4 rings (SSSR count). The SMILES string of the molecule is CCN(C(=O)C1(c2ccc3c(c2)OCO3)CC1)c1cccc(C)c1. The summed E-state index contributed by atoms with van der Waals surface area (Å²) in [6, 6.07) is 14.0. The number of benzene rings is 2. The number of amides is 1. The number of carbonyl (C=O) groups excluding carboxylic acids is 1. The van der Waals surface area contributed by atoms with Crippen LogP contribution in [0.5, 0.6) is 11.5 Å². The molecule has 0 aromatic heterocycles. The summed E-state index contributed by atoms with van der Waals surface area (Å²) >= 11 is 0. The third kappa shape index (κ3) is 2.33. The summed E-state index contributed by atoms with van der Waals surface area (Å²) in [6.07, 6.45) is 1.77. The fraction of sp³-hybridized carbons (Fsp3) is 0.350. The predicted octanol–water partition coefficient (Wildman–Crippen LogP) is 3.81. The molecule has 1 amide bonds. The van der Waals surface area contributed by atoms with Crippen LogP contribution < -0.4 is 14.4 Å². The largest absolute Gasteiger partial charge is 0.454 e. The van der Waals surface area contributed by atoms with Crippen LogP contribution in [0.1, 0.15) is 30.9 Å². The lowest BCUT2D eigenvalue weighted by molar-refractivity contribution is -0.121. The van der Waals surface area contributed by atoms with Crippen molar-refractivity contribution >= 4 is 11.6 Å². The third-order valence-electron chi connectivity index (χ3n) is 4.96. The number of carbonyl (C=O) groups is 1. The smallest absolute Gasteiger partial charge is 0.237 e. The number of likely N-dealkylation sites (N-methyl/N-ethyl adjacent to an activating group) is 1. The summed E-state index contributed by atoms with van der Waals surface area (Å²) in [5.41, 5.74) is 2.74. The number of fused-ring (bicyclic) bond motifs is 1. The molecular weight excluding hydrogens is 302 g/mol. The Bertz CT molecular complexity index is 795. The summed E-state index contributed by atoms with van der Waals surface area (Å²) in [5.74, 6) is 1.67. The van der Waals surface area contributed by atoms with Crippen LogP contribution in [0.4, 0.5) is 5.69 Å². The minimum Gasteiger partial charge on any atom is -0.454 e. The van der Waals surface area contributed by atoms with Crippen LogP contribution in [0.15, 0.2) is 42.5 Å². The van der Waals surface area contributed by atoms with Crippen LogP contribution in [0.25, 0.3) is 0 Å². The second-order valence-corrected chi connectivity index (χ2v) is 6.54. The average Bonchev–Trinajstić information content (AvgIpc) is 3.26. The second kappa shape index (κ2) is 5.55. The molecule has 0 saturated heterocycles. The number of anilines is 1. The van der Waals surface area contributed by atoms with E-state index >= 15 is 0 Å². The van der Waals surface area contributed by atoms with E-state index in [2.05, 4.69) is 6.07 Å². The van der Waals surface area contributed by atoms with Crippen molar-refractivity contribution in [3.05, 3.63) is 53.6 Å². The molecule has 0 bridgehead atoms. The lowest BCUT2D eigenvalue weighted by Gasteiger charge is -2.27. The molecule has 4 nitrogen and oxygen atoms in total. The number of nitrogens with zero attached hydrogens (tertiary/aromatic N) is 1. The summed E-state index contributed by atoms with van der Waals surface area (Å²) in [5, 5.41) is 0. The first-order chi connectivity index (χ1) is 11.6. The highest BCUT2D eigenvalue weighted by molar-refractivity contribution is 6.03. The highest BCUT2D eigenvalue weighted by atomic mass is 16.7. The Labute approximate surface area is 142 Å². The Morgan fingerprint density at radius 2 is 1.92 bits per heavy atom. The van der Waals surface area contributed by atoms with Gasteiger partial charge in [-0.1, -0.05) is 18.2 Å². The number of rotatable bonds is 4. The molecule has 0 N–H and O–H groups in total. The van der Waals surface area contributed by atoms with Crippen molar-refractivity contribution in [3.63, 3.8) is 0 Å². The van der Waals surface area contributed by atoms with E-state index < -0.39 is 5.41 Å². The van der Waals surface area contributed by atoms with E-state index in [1.807, 2.05) is 55.1 Å². The Morgan fingerprint density at radius 1 is 1.12 bits per heavy atom. The zero-order valence-electron chi connectivity index (χ0n) is 14.0. The number of ether oxygens (including phenoxy) is 2. The van der Waals surface area contributed by atoms with Gasteiger partial charge in [0.05, 0.1) is 5.41 Å². The minimum absolute atomic E-state index is 0.175. The first kappa shape index (κ1) is 15.1. The number of hydrogen-bond donors (Lipinski definition) is 0. The van der Waals surface area contributed by atoms with E-state index in [0.29, 0.717) is 6.54 Å². The van der Waals surface area contributed by atoms with E-state index in [4.69, 9.17) is 9.47 Å². The molecule has 0 atom stereocenters. The molecule has 1 fully saturated rings. The van der Waals surface area contributed by atoms with Crippen LogP contribution in [0, 0.1) is 6.92 Å². The molecule has 1 aliphatic heterocycles. The quantitative estimate of drug-likeness (QED) is 0.859. The highest BCUT2D eigenvalue weighted by Gasteiger charge is 2.53. The van der Waals surface area contributed by atoms with Crippen LogP contribution in [0.3, 0.4) is 0 Å². The molecule has 124 valence electrons. The Balaban J connectivity index is 1.67. The summed E-state index contributed by atoms with van der Waals surface area (Å²) < 4.78 is 10.9. The van der Waals surface area contributed by atoms with Crippen molar-refractivity contribution in [2.75, 3.05) is 18.2 Å². The summed E-state index contributed by atoms with van der Waals surface area (Å²) in [7, 11) is 0. The van der Waals surface area contributed by atoms with Crippen molar-refractivity contribution in [2.24, 2.45) is 0 Å². The second-order valence-electron chi connectivity index (χ2n) is 6.54. The maximum absolute atomic E-state index is 13.3. The van der Waals surface area contributed by atoms with Gasteiger partial charge in [-0.05, 0) is 62.1 Å². The maximum atomic E-state index is 13.3. The minimum atomic E-state index is -0.416. The van der Waals surface area contributed by atoms with E-state index in [1.54, 1.807) is 0 Å². The molecule has 1 heterocycles. The lowest BCUT2D eigenvalue weighted by atomic mass is 9.93. The molecule has 0 spiro atoms. The first-order valence-corrected chi connectivity index (χ1v) is 8.43. The van der Waals surface area contributed by atoms with Crippen LogP contribution in [-0.4, -0.2) is 19.2 Å². The molecular formula is C20H21NO3. The van der Waals surface area contributed by atoms with Crippen molar-refractivity contribution in [1.29, 1.82) is 0 Å². The van der Waals surface area contributed by atoms with Crippen molar-refractivity contribution in [3.8, 4) is 11.5 Å². The van der Waals surface area contributed by atoms with Gasteiger partial charge in [-0.15, -0.1) is 0 Å². The molecule has 0 radical (unpaired) electrons. The van der Waals surface area contributed by atoms with Gasteiger partial charge in [-0.3, -0.25) is 4.79 Å². The van der Waals surface area contributed by atoms with Gasteiger partial charge in [0, 0.05) is 12.2 Å². The van der Waals surface area contributed by atoms with Crippen molar-refractivity contribution < 1.29 is 14.3 Å². The Hall–Kier alpha value is -2.49. The molecule has 2 aromatic rings. The molecule has 24 heavy (non-hydrogen) atoms. The zero-order valence-corrected chi connectivity index (χ0v) is 14.0. The zero-order chi connectivity index (χ0) is 16.7. The molecule has 4 heteroatoms. The van der Waals surface area contributed by atoms with Gasteiger partial charge < -0.3 is 14.4 Å². The van der Waals surface area contributed by atoms with Gasteiger partial charge in [0.25, 0.3) is 0 Å². The maximum Gasteiger partial charge on any atom is 0.237 e. The lowest BCUT2D eigenvalue weighted by Crippen LogP contribution is -2.39. The molecule has 2 aromatic carbocycles. The van der Waals surface area contributed by atoms with Gasteiger partial charge in [-0.2, -0.15) is 0 Å². The highest BCUT2D eigenvalue weighted by Crippen LogP contribution is 2.52. The monoisotopic (exact) mass is 323 g/mol. The van der Waals surface area contributed by atoms with Crippen molar-refractivity contribution in [1.82, 2.24) is 0 Å². The van der Waals surface area contributed by atoms with E-state index in [0.717, 1.165) is 41.2 Å². The van der Waals surface area contributed by atoms with E-state index in [9.17, 15) is 4.79 Å². The molecule has 2 aliphatic rings.